The van der Waals surface area contributed by atoms with Crippen molar-refractivity contribution in [2.75, 3.05) is 11.9 Å². The predicted octanol–water partition coefficient (Wildman–Crippen LogP) is 4.02. The van der Waals surface area contributed by atoms with E-state index in [-0.39, 0.29) is 11.9 Å². The highest BCUT2D eigenvalue weighted by atomic mass is 32.1. The zero-order valence-electron chi connectivity index (χ0n) is 12.2. The van der Waals surface area contributed by atoms with E-state index in [2.05, 4.69) is 35.5 Å². The minimum absolute atomic E-state index is 0.150. The average Bonchev–Trinajstić information content (AvgIpc) is 2.90. The first-order valence-corrected chi connectivity index (χ1v) is 7.72. The average molecular weight is 292 g/mol. The Morgan fingerprint density at radius 2 is 2.05 bits per heavy atom. The molecule has 2 nitrogen and oxygen atoms in total. The Kier molecular flexibility index (Phi) is 5.15. The van der Waals surface area contributed by atoms with Crippen LogP contribution in [0.1, 0.15) is 24.3 Å². The summed E-state index contributed by atoms with van der Waals surface area (Å²) >= 11 is 1.71. The fraction of sp³-hybridized carbons (Fsp3) is 0.375. The summed E-state index contributed by atoms with van der Waals surface area (Å²) in [6.07, 6.45) is 0. The Labute approximate surface area is 124 Å². The quantitative estimate of drug-likeness (QED) is 0.865. The van der Waals surface area contributed by atoms with Crippen LogP contribution in [0.4, 0.5) is 10.1 Å². The standard InChI is InChI=1S/C16H21FN2S/c1-12(2)19(11-14-7-5-9-20-14)16-13(10-18-3)6-4-8-15(16)17/h4-9,12,18H,10-11H2,1-3H3. The van der Waals surface area contributed by atoms with Crippen LogP contribution in [0.5, 0.6) is 0 Å². The number of benzene rings is 1. The Balaban J connectivity index is 2.38. The third kappa shape index (κ3) is 3.38. The van der Waals surface area contributed by atoms with E-state index in [1.807, 2.05) is 19.2 Å². The third-order valence-corrected chi connectivity index (χ3v) is 4.12. The molecule has 1 heterocycles. The minimum Gasteiger partial charge on any atom is -0.361 e. The highest BCUT2D eigenvalue weighted by Crippen LogP contribution is 2.29. The van der Waals surface area contributed by atoms with E-state index in [9.17, 15) is 4.39 Å². The van der Waals surface area contributed by atoms with Gasteiger partial charge in [-0.15, -0.1) is 11.3 Å². The van der Waals surface area contributed by atoms with Crippen LogP contribution >= 0.6 is 11.3 Å². The van der Waals surface area contributed by atoms with Crippen molar-refractivity contribution in [2.45, 2.75) is 33.0 Å². The fourth-order valence-electron chi connectivity index (χ4n) is 2.31. The molecule has 0 saturated carbocycles. The molecular formula is C16H21FN2S. The van der Waals surface area contributed by atoms with Crippen molar-refractivity contribution < 1.29 is 4.39 Å². The molecule has 0 radical (unpaired) electrons. The van der Waals surface area contributed by atoms with Crippen LogP contribution in [-0.4, -0.2) is 13.1 Å². The molecule has 0 bridgehead atoms. The van der Waals surface area contributed by atoms with Gasteiger partial charge in [-0.1, -0.05) is 18.2 Å². The van der Waals surface area contributed by atoms with Gasteiger partial charge in [0.1, 0.15) is 5.82 Å². The number of rotatable bonds is 6. The summed E-state index contributed by atoms with van der Waals surface area (Å²) in [5.74, 6) is -0.150. The summed E-state index contributed by atoms with van der Waals surface area (Å²) in [6, 6.07) is 9.67. The lowest BCUT2D eigenvalue weighted by atomic mass is 10.1. The van der Waals surface area contributed by atoms with Crippen molar-refractivity contribution >= 4 is 17.0 Å². The molecule has 1 aromatic heterocycles. The predicted molar refractivity (Wildman–Crippen MR) is 84.8 cm³/mol. The van der Waals surface area contributed by atoms with E-state index in [0.717, 1.165) is 12.1 Å². The molecule has 2 rings (SSSR count). The number of nitrogens with one attached hydrogen (secondary N) is 1. The van der Waals surface area contributed by atoms with Crippen LogP contribution in [0.3, 0.4) is 0 Å². The van der Waals surface area contributed by atoms with Crippen LogP contribution in [0.25, 0.3) is 0 Å². The van der Waals surface area contributed by atoms with Crippen molar-refractivity contribution in [2.24, 2.45) is 0 Å². The largest absolute Gasteiger partial charge is 0.361 e. The van der Waals surface area contributed by atoms with Gasteiger partial charge in [-0.05, 0) is 44.0 Å². The van der Waals surface area contributed by atoms with Gasteiger partial charge in [0.05, 0.1) is 12.2 Å². The Morgan fingerprint density at radius 3 is 2.65 bits per heavy atom. The number of para-hydroxylation sites is 1. The summed E-state index contributed by atoms with van der Waals surface area (Å²) in [4.78, 5) is 3.38. The first kappa shape index (κ1) is 15.0. The number of thiophene rings is 1. The monoisotopic (exact) mass is 292 g/mol. The first-order valence-electron chi connectivity index (χ1n) is 6.84. The SMILES string of the molecule is CNCc1cccc(F)c1N(Cc1cccs1)C(C)C. The zero-order valence-corrected chi connectivity index (χ0v) is 13.0. The second-order valence-electron chi connectivity index (χ2n) is 5.08. The molecule has 0 amide bonds. The summed E-state index contributed by atoms with van der Waals surface area (Å²) < 4.78 is 14.3. The molecule has 1 aromatic carbocycles. The molecule has 0 aliphatic carbocycles. The van der Waals surface area contributed by atoms with E-state index in [4.69, 9.17) is 0 Å². The molecule has 2 aromatic rings. The number of halogens is 1. The maximum atomic E-state index is 14.3. The lowest BCUT2D eigenvalue weighted by molar-refractivity contribution is 0.594. The molecule has 20 heavy (non-hydrogen) atoms. The maximum absolute atomic E-state index is 14.3. The van der Waals surface area contributed by atoms with Gasteiger partial charge < -0.3 is 10.2 Å². The number of hydrogen-bond acceptors (Lipinski definition) is 3. The number of hydrogen-bond donors (Lipinski definition) is 1. The summed E-state index contributed by atoms with van der Waals surface area (Å²) in [5.41, 5.74) is 1.71. The third-order valence-electron chi connectivity index (χ3n) is 3.25. The Morgan fingerprint density at radius 1 is 1.25 bits per heavy atom. The second-order valence-corrected chi connectivity index (χ2v) is 6.11. The van der Waals surface area contributed by atoms with Gasteiger partial charge in [-0.2, -0.15) is 0 Å². The van der Waals surface area contributed by atoms with Gasteiger partial charge in [0.2, 0.25) is 0 Å². The van der Waals surface area contributed by atoms with E-state index < -0.39 is 0 Å². The molecule has 0 saturated heterocycles. The summed E-state index contributed by atoms with van der Waals surface area (Å²) in [5, 5.41) is 5.17. The number of nitrogens with zero attached hydrogens (tertiary/aromatic N) is 1. The maximum Gasteiger partial charge on any atom is 0.146 e. The van der Waals surface area contributed by atoms with Crippen molar-refractivity contribution in [3.05, 3.63) is 52.0 Å². The van der Waals surface area contributed by atoms with Gasteiger partial charge in [-0.25, -0.2) is 4.39 Å². The molecule has 0 spiro atoms. The van der Waals surface area contributed by atoms with Crippen LogP contribution in [-0.2, 0) is 13.1 Å². The van der Waals surface area contributed by atoms with Crippen LogP contribution in [0.2, 0.25) is 0 Å². The minimum atomic E-state index is -0.150. The van der Waals surface area contributed by atoms with Crippen LogP contribution in [0.15, 0.2) is 35.7 Å². The zero-order chi connectivity index (χ0) is 14.5. The van der Waals surface area contributed by atoms with Crippen LogP contribution in [0, 0.1) is 5.82 Å². The molecule has 4 heteroatoms. The smallest absolute Gasteiger partial charge is 0.146 e. The van der Waals surface area contributed by atoms with Gasteiger partial charge in [0, 0.05) is 17.5 Å². The first-order chi connectivity index (χ1) is 9.63. The molecule has 0 atom stereocenters. The van der Waals surface area contributed by atoms with Gasteiger partial charge in [-0.3, -0.25) is 0 Å². The topological polar surface area (TPSA) is 15.3 Å². The van der Waals surface area contributed by atoms with E-state index in [1.165, 1.54) is 10.9 Å². The van der Waals surface area contributed by atoms with Gasteiger partial charge >= 0.3 is 0 Å². The molecule has 0 aliphatic rings. The van der Waals surface area contributed by atoms with Crippen molar-refractivity contribution in [3.63, 3.8) is 0 Å². The normalized spacial score (nSPS) is 11.1. The molecule has 0 fully saturated rings. The van der Waals surface area contributed by atoms with Crippen molar-refractivity contribution in [1.29, 1.82) is 0 Å². The highest BCUT2D eigenvalue weighted by Gasteiger charge is 2.19. The molecule has 108 valence electrons. The fourth-order valence-corrected chi connectivity index (χ4v) is 3.01. The Hall–Kier alpha value is -1.39. The van der Waals surface area contributed by atoms with E-state index in [1.54, 1.807) is 17.4 Å². The van der Waals surface area contributed by atoms with E-state index in [0.29, 0.717) is 12.2 Å². The van der Waals surface area contributed by atoms with Crippen molar-refractivity contribution in [1.82, 2.24) is 5.32 Å². The molecule has 0 unspecified atom stereocenters. The summed E-state index contributed by atoms with van der Waals surface area (Å²) in [7, 11) is 1.88. The second kappa shape index (κ2) is 6.86. The lowest BCUT2D eigenvalue weighted by Crippen LogP contribution is -2.32. The lowest BCUT2D eigenvalue weighted by Gasteiger charge is -2.31. The van der Waals surface area contributed by atoms with Gasteiger partial charge in [0.25, 0.3) is 0 Å². The molecular weight excluding hydrogens is 271 g/mol. The molecule has 0 aliphatic heterocycles. The molecule has 1 N–H and O–H groups in total. The van der Waals surface area contributed by atoms with Crippen molar-refractivity contribution in [3.8, 4) is 0 Å². The van der Waals surface area contributed by atoms with Crippen LogP contribution < -0.4 is 10.2 Å². The number of anilines is 1. The van der Waals surface area contributed by atoms with Gasteiger partial charge in [0.15, 0.2) is 0 Å². The van der Waals surface area contributed by atoms with E-state index >= 15 is 0 Å². The summed E-state index contributed by atoms with van der Waals surface area (Å²) in [6.45, 7) is 5.61. The Bertz CT molecular complexity index is 537. The highest BCUT2D eigenvalue weighted by molar-refractivity contribution is 7.09.